The maximum Gasteiger partial charge on any atom is -0.0137 e. The van der Waals surface area contributed by atoms with Crippen LogP contribution in [-0.4, -0.2) is 0 Å². The fourth-order valence-electron chi connectivity index (χ4n) is 4.06. The second kappa shape index (κ2) is 5.92. The maximum absolute atomic E-state index is 2.42. The van der Waals surface area contributed by atoms with Gasteiger partial charge in [0.1, 0.15) is 0 Å². The van der Waals surface area contributed by atoms with Gasteiger partial charge in [-0.15, -0.1) is 0 Å². The van der Waals surface area contributed by atoms with E-state index in [9.17, 15) is 0 Å². The van der Waals surface area contributed by atoms with Gasteiger partial charge in [0.15, 0.2) is 0 Å². The second-order valence-corrected chi connectivity index (χ2v) is 8.10. The monoisotopic (exact) mass is 318 g/mol. The Kier molecular flexibility index (Phi) is 4.20. The first-order valence-electron chi connectivity index (χ1n) is 9.20. The van der Waals surface area contributed by atoms with Crippen molar-refractivity contribution in [3.8, 4) is 0 Å². The molecular formula is C24H30. The van der Waals surface area contributed by atoms with E-state index in [1.165, 1.54) is 54.9 Å². The summed E-state index contributed by atoms with van der Waals surface area (Å²) in [6.45, 7) is 18.2. The molecule has 0 aliphatic rings. The smallest absolute Gasteiger partial charge is 0.0137 e. The van der Waals surface area contributed by atoms with Crippen molar-refractivity contribution in [3.05, 3.63) is 57.6 Å². The molecule has 126 valence electrons. The summed E-state index contributed by atoms with van der Waals surface area (Å²) >= 11 is 0. The molecule has 0 unspecified atom stereocenters. The van der Waals surface area contributed by atoms with Gasteiger partial charge in [0.05, 0.1) is 0 Å². The largest absolute Gasteiger partial charge is 0.0586 e. The molecule has 0 amide bonds. The highest BCUT2D eigenvalue weighted by Gasteiger charge is 2.19. The van der Waals surface area contributed by atoms with Gasteiger partial charge in [0.2, 0.25) is 0 Å². The lowest BCUT2D eigenvalue weighted by Gasteiger charge is -2.23. The van der Waals surface area contributed by atoms with Crippen molar-refractivity contribution >= 4 is 21.5 Å². The predicted molar refractivity (Wildman–Crippen MR) is 109 cm³/mol. The van der Waals surface area contributed by atoms with Crippen LogP contribution >= 0.6 is 0 Å². The van der Waals surface area contributed by atoms with E-state index in [1.54, 1.807) is 0 Å². The van der Waals surface area contributed by atoms with E-state index in [-0.39, 0.29) is 0 Å². The number of fused-ring (bicyclic) bond motifs is 2. The van der Waals surface area contributed by atoms with E-state index in [2.05, 4.69) is 79.7 Å². The van der Waals surface area contributed by atoms with Crippen molar-refractivity contribution in [1.82, 2.24) is 0 Å². The summed E-state index contributed by atoms with van der Waals surface area (Å²) in [6, 6.07) is 9.67. The van der Waals surface area contributed by atoms with Gasteiger partial charge in [0.25, 0.3) is 0 Å². The summed E-state index contributed by atoms with van der Waals surface area (Å²) in [5, 5.41) is 5.81. The highest BCUT2D eigenvalue weighted by Crippen LogP contribution is 2.41. The van der Waals surface area contributed by atoms with E-state index < -0.39 is 0 Å². The predicted octanol–water partition coefficient (Wildman–Crippen LogP) is 7.47. The number of rotatable bonds is 2. The normalized spacial score (nSPS) is 12.1. The number of benzene rings is 3. The molecule has 0 saturated carbocycles. The third-order valence-corrected chi connectivity index (χ3v) is 5.58. The molecule has 0 heterocycles. The van der Waals surface area contributed by atoms with Gasteiger partial charge in [-0.2, -0.15) is 0 Å². The Hall–Kier alpha value is -1.82. The molecule has 0 bridgehead atoms. The molecule has 0 aliphatic carbocycles. The highest BCUT2D eigenvalue weighted by molar-refractivity contribution is 6.07. The van der Waals surface area contributed by atoms with Gasteiger partial charge in [0, 0.05) is 0 Å². The van der Waals surface area contributed by atoms with E-state index in [0.717, 1.165) is 0 Å². The number of hydrogen-bond donors (Lipinski definition) is 0. The van der Waals surface area contributed by atoms with Gasteiger partial charge in [-0.1, -0.05) is 52.0 Å². The Morgan fingerprint density at radius 1 is 0.458 bits per heavy atom. The zero-order valence-corrected chi connectivity index (χ0v) is 16.5. The van der Waals surface area contributed by atoms with Crippen LogP contribution in [0.5, 0.6) is 0 Å². The average Bonchev–Trinajstić information content (AvgIpc) is 2.47. The van der Waals surface area contributed by atoms with Crippen molar-refractivity contribution in [2.24, 2.45) is 0 Å². The van der Waals surface area contributed by atoms with Crippen molar-refractivity contribution in [1.29, 1.82) is 0 Å². The van der Waals surface area contributed by atoms with Crippen LogP contribution in [0.15, 0.2) is 24.3 Å². The van der Waals surface area contributed by atoms with Gasteiger partial charge < -0.3 is 0 Å². The quantitative estimate of drug-likeness (QED) is 0.430. The molecule has 0 fully saturated rings. The molecule has 0 heteroatoms. The van der Waals surface area contributed by atoms with Crippen LogP contribution in [0.1, 0.15) is 72.9 Å². The minimum atomic E-state index is 0.514. The van der Waals surface area contributed by atoms with Crippen LogP contribution in [-0.2, 0) is 0 Å². The number of aryl methyl sites for hydroxylation is 4. The minimum absolute atomic E-state index is 0.514. The van der Waals surface area contributed by atoms with E-state index in [0.29, 0.717) is 11.8 Å². The van der Waals surface area contributed by atoms with Crippen LogP contribution < -0.4 is 0 Å². The van der Waals surface area contributed by atoms with E-state index in [4.69, 9.17) is 0 Å². The van der Waals surface area contributed by atoms with Crippen molar-refractivity contribution in [2.45, 2.75) is 67.2 Å². The summed E-state index contributed by atoms with van der Waals surface area (Å²) in [7, 11) is 0. The molecule has 0 spiro atoms. The lowest BCUT2D eigenvalue weighted by Crippen LogP contribution is -2.01. The lowest BCUT2D eigenvalue weighted by atomic mass is 9.81. The molecule has 0 N–H and O–H groups in total. The van der Waals surface area contributed by atoms with E-state index in [1.807, 2.05) is 0 Å². The Morgan fingerprint density at radius 3 is 0.833 bits per heavy atom. The summed E-state index contributed by atoms with van der Waals surface area (Å²) in [5.41, 5.74) is 8.58. The fraction of sp³-hybridized carbons (Fsp3) is 0.417. The van der Waals surface area contributed by atoms with Gasteiger partial charge >= 0.3 is 0 Å². The average molecular weight is 319 g/mol. The molecule has 0 aromatic heterocycles. The molecule has 0 radical (unpaired) electrons. The molecule has 0 aliphatic heterocycles. The molecule has 0 nitrogen and oxygen atoms in total. The van der Waals surface area contributed by atoms with Crippen molar-refractivity contribution < 1.29 is 0 Å². The maximum atomic E-state index is 2.42. The first-order valence-corrected chi connectivity index (χ1v) is 9.20. The lowest BCUT2D eigenvalue weighted by molar-refractivity contribution is 0.872. The third kappa shape index (κ3) is 2.53. The van der Waals surface area contributed by atoms with Crippen molar-refractivity contribution in [2.75, 3.05) is 0 Å². The number of hydrogen-bond acceptors (Lipinski definition) is 0. The van der Waals surface area contributed by atoms with Gasteiger partial charge in [-0.25, -0.2) is 0 Å². The second-order valence-electron chi connectivity index (χ2n) is 8.10. The third-order valence-electron chi connectivity index (χ3n) is 5.58. The highest BCUT2D eigenvalue weighted by atomic mass is 14.2. The van der Waals surface area contributed by atoms with Gasteiger partial charge in [-0.05, 0) is 94.5 Å². The Morgan fingerprint density at radius 2 is 0.667 bits per heavy atom. The Labute approximate surface area is 146 Å². The van der Waals surface area contributed by atoms with Crippen LogP contribution in [0.3, 0.4) is 0 Å². The zero-order chi connectivity index (χ0) is 17.8. The van der Waals surface area contributed by atoms with Gasteiger partial charge in [-0.3, -0.25) is 0 Å². The van der Waals surface area contributed by atoms with Crippen LogP contribution in [0, 0.1) is 27.7 Å². The first-order chi connectivity index (χ1) is 11.2. The summed E-state index contributed by atoms with van der Waals surface area (Å²) in [4.78, 5) is 0. The fourth-order valence-corrected chi connectivity index (χ4v) is 4.06. The zero-order valence-electron chi connectivity index (χ0n) is 16.5. The molecule has 24 heavy (non-hydrogen) atoms. The SMILES string of the molecule is Cc1cc2c(C(C)C)c3cc(C)c(C)cc3c(C(C)C)c2cc1C. The molecule has 3 aromatic carbocycles. The summed E-state index contributed by atoms with van der Waals surface area (Å²) in [5.74, 6) is 1.03. The summed E-state index contributed by atoms with van der Waals surface area (Å²) < 4.78 is 0. The Balaban J connectivity index is 2.68. The minimum Gasteiger partial charge on any atom is -0.0586 e. The summed E-state index contributed by atoms with van der Waals surface area (Å²) in [6.07, 6.45) is 0. The molecule has 0 atom stereocenters. The van der Waals surface area contributed by atoms with Crippen molar-refractivity contribution in [3.63, 3.8) is 0 Å². The van der Waals surface area contributed by atoms with Crippen LogP contribution in [0.4, 0.5) is 0 Å². The van der Waals surface area contributed by atoms with E-state index >= 15 is 0 Å². The molecular weight excluding hydrogens is 288 g/mol. The first kappa shape index (κ1) is 17.0. The van der Waals surface area contributed by atoms with Crippen LogP contribution in [0.2, 0.25) is 0 Å². The van der Waals surface area contributed by atoms with Crippen LogP contribution in [0.25, 0.3) is 21.5 Å². The molecule has 3 rings (SSSR count). The molecule has 3 aromatic rings. The topological polar surface area (TPSA) is 0 Å². The molecule has 0 saturated heterocycles. The Bertz CT molecular complexity index is 793. The standard InChI is InChI=1S/C24H30/c1-13(2)23-19-9-15(5)17(7)11-21(19)24(14(3)4)22-12-18(8)16(6)10-20(22)23/h9-14H,1-8H3.